The summed E-state index contributed by atoms with van der Waals surface area (Å²) < 4.78 is 12.1. The average molecular weight is 287 g/mol. The van der Waals surface area contributed by atoms with Gasteiger partial charge in [0.15, 0.2) is 0 Å². The summed E-state index contributed by atoms with van der Waals surface area (Å²) in [5, 5.41) is 2.11. The van der Waals surface area contributed by atoms with Gasteiger partial charge in [-0.2, -0.15) is 0 Å². The molecule has 0 bridgehead atoms. The Morgan fingerprint density at radius 2 is 1.95 bits per heavy atom. The predicted octanol–water partition coefficient (Wildman–Crippen LogP) is 3.22. The summed E-state index contributed by atoms with van der Waals surface area (Å²) in [7, 11) is 0. The average Bonchev–Trinajstić information content (AvgIpc) is 3.16. The first-order chi connectivity index (χ1) is 9.93. The second kappa shape index (κ2) is 5.30. The van der Waals surface area contributed by atoms with Gasteiger partial charge in [-0.3, -0.25) is 4.90 Å². The molecule has 0 radical (unpaired) electrons. The van der Waals surface area contributed by atoms with Crippen LogP contribution in [-0.2, 0) is 9.47 Å². The molecular formula is C16H17NO2S. The first-order valence-corrected chi connectivity index (χ1v) is 7.89. The van der Waals surface area contributed by atoms with Crippen LogP contribution in [0, 0.1) is 0 Å². The van der Waals surface area contributed by atoms with Crippen molar-refractivity contribution in [2.75, 3.05) is 19.8 Å². The van der Waals surface area contributed by atoms with Gasteiger partial charge in [0.2, 0.25) is 0 Å². The van der Waals surface area contributed by atoms with E-state index in [4.69, 9.17) is 9.47 Å². The van der Waals surface area contributed by atoms with Crippen LogP contribution < -0.4 is 0 Å². The fraction of sp³-hybridized carbons (Fsp3) is 0.375. The molecule has 3 heterocycles. The van der Waals surface area contributed by atoms with Crippen molar-refractivity contribution in [3.63, 3.8) is 0 Å². The molecule has 2 aliphatic heterocycles. The molecule has 2 aliphatic rings. The van der Waals surface area contributed by atoms with E-state index in [9.17, 15) is 0 Å². The molecule has 104 valence electrons. The Morgan fingerprint density at radius 1 is 1.05 bits per heavy atom. The molecule has 0 N–H and O–H groups in total. The number of nitrogens with zero attached hydrogens (tertiary/aromatic N) is 1. The van der Waals surface area contributed by atoms with Crippen molar-refractivity contribution in [3.05, 3.63) is 58.3 Å². The van der Waals surface area contributed by atoms with Crippen molar-refractivity contribution in [2.24, 2.45) is 0 Å². The molecule has 1 aromatic heterocycles. The van der Waals surface area contributed by atoms with Crippen LogP contribution in [0.5, 0.6) is 0 Å². The van der Waals surface area contributed by atoms with Crippen molar-refractivity contribution in [1.82, 2.24) is 4.90 Å². The predicted molar refractivity (Wildman–Crippen MR) is 78.6 cm³/mol. The minimum Gasteiger partial charge on any atom is -0.370 e. The van der Waals surface area contributed by atoms with Crippen molar-refractivity contribution < 1.29 is 9.47 Å². The Bertz CT molecular complexity index is 557. The zero-order valence-electron chi connectivity index (χ0n) is 11.1. The van der Waals surface area contributed by atoms with Gasteiger partial charge < -0.3 is 9.47 Å². The number of hydrogen-bond donors (Lipinski definition) is 0. The Balaban J connectivity index is 1.61. The third-order valence-corrected chi connectivity index (χ3v) is 4.97. The van der Waals surface area contributed by atoms with E-state index < -0.39 is 0 Å². The number of rotatable bonds is 2. The number of ether oxygens (including phenoxy) is 2. The van der Waals surface area contributed by atoms with Gasteiger partial charge in [-0.1, -0.05) is 36.4 Å². The zero-order chi connectivity index (χ0) is 13.4. The van der Waals surface area contributed by atoms with Crippen molar-refractivity contribution in [1.29, 1.82) is 0 Å². The summed E-state index contributed by atoms with van der Waals surface area (Å²) in [6, 6.07) is 15.0. The Kier molecular flexibility index (Phi) is 3.32. The molecule has 4 rings (SSSR count). The van der Waals surface area contributed by atoms with Crippen LogP contribution in [0.15, 0.2) is 47.8 Å². The summed E-state index contributed by atoms with van der Waals surface area (Å²) in [5.74, 6) is 0. The highest BCUT2D eigenvalue weighted by Gasteiger charge is 2.43. The summed E-state index contributed by atoms with van der Waals surface area (Å²) >= 11 is 1.77. The highest BCUT2D eigenvalue weighted by molar-refractivity contribution is 7.10. The van der Waals surface area contributed by atoms with Gasteiger partial charge in [-0.15, -0.1) is 11.3 Å². The van der Waals surface area contributed by atoms with Crippen LogP contribution in [0.3, 0.4) is 0 Å². The third-order valence-electron chi connectivity index (χ3n) is 4.06. The van der Waals surface area contributed by atoms with Crippen LogP contribution in [-0.4, -0.2) is 30.7 Å². The number of thiophene rings is 1. The van der Waals surface area contributed by atoms with Crippen LogP contribution in [0.4, 0.5) is 0 Å². The molecule has 3 unspecified atom stereocenters. The first-order valence-electron chi connectivity index (χ1n) is 7.01. The fourth-order valence-electron chi connectivity index (χ4n) is 3.13. The Hall–Kier alpha value is -1.20. The minimum absolute atomic E-state index is 0.107. The largest absolute Gasteiger partial charge is 0.370 e. The van der Waals surface area contributed by atoms with Crippen LogP contribution >= 0.6 is 11.3 Å². The first kappa shape index (κ1) is 12.5. The zero-order valence-corrected chi connectivity index (χ0v) is 12.0. The van der Waals surface area contributed by atoms with E-state index in [0.717, 1.165) is 19.8 Å². The molecule has 0 saturated carbocycles. The Morgan fingerprint density at radius 3 is 2.75 bits per heavy atom. The quantitative estimate of drug-likeness (QED) is 0.846. The third kappa shape index (κ3) is 2.09. The van der Waals surface area contributed by atoms with Gasteiger partial charge in [-0.05, 0) is 17.0 Å². The maximum Gasteiger partial charge on any atom is 0.146 e. The summed E-state index contributed by atoms with van der Waals surface area (Å²) in [6.07, 6.45) is 0.227. The van der Waals surface area contributed by atoms with Crippen molar-refractivity contribution in [3.8, 4) is 0 Å². The fourth-order valence-corrected chi connectivity index (χ4v) is 3.93. The summed E-state index contributed by atoms with van der Waals surface area (Å²) in [5.41, 5.74) is 1.25. The van der Waals surface area contributed by atoms with Crippen LogP contribution in [0.1, 0.15) is 22.8 Å². The molecule has 2 fully saturated rings. The molecule has 2 aromatic rings. The molecule has 20 heavy (non-hydrogen) atoms. The number of hydrogen-bond acceptors (Lipinski definition) is 4. The van der Waals surface area contributed by atoms with Crippen molar-refractivity contribution in [2.45, 2.75) is 18.4 Å². The lowest BCUT2D eigenvalue weighted by Gasteiger charge is -2.37. The minimum atomic E-state index is 0.107. The molecule has 2 saturated heterocycles. The lowest BCUT2D eigenvalue weighted by Crippen LogP contribution is -2.45. The molecule has 0 aliphatic carbocycles. The van der Waals surface area contributed by atoms with Gasteiger partial charge in [0, 0.05) is 11.4 Å². The van der Waals surface area contributed by atoms with E-state index in [1.807, 2.05) is 6.07 Å². The highest BCUT2D eigenvalue weighted by Crippen LogP contribution is 2.40. The number of fused-ring (bicyclic) bond motifs is 1. The SMILES string of the molecule is c1ccc(C2OCCN3C(c4cccs4)OCC23)cc1. The second-order valence-corrected chi connectivity index (χ2v) is 6.19. The highest BCUT2D eigenvalue weighted by atomic mass is 32.1. The summed E-state index contributed by atoms with van der Waals surface area (Å²) in [6.45, 7) is 2.44. The van der Waals surface area contributed by atoms with Gasteiger partial charge in [-0.25, -0.2) is 0 Å². The Labute approximate surface area is 122 Å². The maximum absolute atomic E-state index is 6.05. The van der Waals surface area contributed by atoms with Crippen LogP contribution in [0.25, 0.3) is 0 Å². The van der Waals surface area contributed by atoms with Gasteiger partial charge in [0.1, 0.15) is 12.3 Å². The molecule has 4 heteroatoms. The summed E-state index contributed by atoms with van der Waals surface area (Å²) in [4.78, 5) is 3.74. The molecule has 3 nitrogen and oxygen atoms in total. The molecule has 0 amide bonds. The molecular weight excluding hydrogens is 270 g/mol. The molecule has 1 aromatic carbocycles. The smallest absolute Gasteiger partial charge is 0.146 e. The monoisotopic (exact) mass is 287 g/mol. The molecule has 0 spiro atoms. The van der Waals surface area contributed by atoms with Crippen molar-refractivity contribution >= 4 is 11.3 Å². The lowest BCUT2D eigenvalue weighted by atomic mass is 10.0. The second-order valence-electron chi connectivity index (χ2n) is 5.21. The standard InChI is InChI=1S/C16H17NO2S/c1-2-5-12(6-3-1)15-13-11-19-16(14-7-4-10-20-14)17(13)8-9-18-15/h1-7,10,13,15-16H,8-9,11H2. The molecule has 3 atom stereocenters. The lowest BCUT2D eigenvalue weighted by molar-refractivity contribution is -0.0739. The van der Waals surface area contributed by atoms with E-state index >= 15 is 0 Å². The number of morpholine rings is 1. The van der Waals surface area contributed by atoms with Gasteiger partial charge in [0.05, 0.1) is 19.3 Å². The van der Waals surface area contributed by atoms with E-state index in [2.05, 4.69) is 46.7 Å². The topological polar surface area (TPSA) is 21.7 Å². The van der Waals surface area contributed by atoms with E-state index in [1.165, 1.54) is 10.4 Å². The maximum atomic E-state index is 6.05. The van der Waals surface area contributed by atoms with E-state index in [1.54, 1.807) is 11.3 Å². The number of benzene rings is 1. The van der Waals surface area contributed by atoms with Crippen LogP contribution in [0.2, 0.25) is 0 Å². The van der Waals surface area contributed by atoms with E-state index in [0.29, 0.717) is 6.04 Å². The van der Waals surface area contributed by atoms with Gasteiger partial charge >= 0.3 is 0 Å². The normalized spacial score (nSPS) is 30.3. The van der Waals surface area contributed by atoms with Gasteiger partial charge in [0.25, 0.3) is 0 Å². The van der Waals surface area contributed by atoms with E-state index in [-0.39, 0.29) is 12.3 Å².